The van der Waals surface area contributed by atoms with E-state index in [-0.39, 0.29) is 41.9 Å². The lowest BCUT2D eigenvalue weighted by Gasteiger charge is -2.51. The van der Waals surface area contributed by atoms with E-state index in [1.807, 2.05) is 19.2 Å². The molecular formula is C30H26N2O4. The quantitative estimate of drug-likeness (QED) is 0.546. The molecule has 3 heterocycles. The summed E-state index contributed by atoms with van der Waals surface area (Å²) in [7, 11) is 3.75. The highest BCUT2D eigenvalue weighted by Crippen LogP contribution is 2.65. The van der Waals surface area contributed by atoms with Crippen molar-refractivity contribution >= 4 is 11.8 Å². The molecule has 6 atom stereocenters. The van der Waals surface area contributed by atoms with Gasteiger partial charge in [-0.2, -0.15) is 0 Å². The molecule has 5 aliphatic rings. The maximum absolute atomic E-state index is 13.4. The Bertz CT molecular complexity index is 1540. The molecule has 2 bridgehead atoms. The first-order valence-corrected chi connectivity index (χ1v) is 12.7. The van der Waals surface area contributed by atoms with Crippen molar-refractivity contribution < 1.29 is 19.1 Å². The number of rotatable bonds is 2. The zero-order valence-electron chi connectivity index (χ0n) is 20.3. The SMILES string of the molecule is CN[C@H]1C[C@@H]2O[C@@](C)(C3c4ccccc4-c4c5c(c6c(c43)C2c2ccccc2-6)C(=O)NC5=O)[C@H]1OC. The number of fused-ring (bicyclic) bond motifs is 13. The van der Waals surface area contributed by atoms with Gasteiger partial charge in [0, 0.05) is 25.0 Å². The average Bonchev–Trinajstić information content (AvgIpc) is 3.48. The van der Waals surface area contributed by atoms with Crippen LogP contribution in [0.2, 0.25) is 0 Å². The van der Waals surface area contributed by atoms with Crippen LogP contribution < -0.4 is 10.6 Å². The van der Waals surface area contributed by atoms with Crippen LogP contribution in [0.3, 0.4) is 0 Å². The molecule has 6 nitrogen and oxygen atoms in total. The van der Waals surface area contributed by atoms with Gasteiger partial charge in [-0.3, -0.25) is 14.9 Å². The van der Waals surface area contributed by atoms with Crippen molar-refractivity contribution in [3.05, 3.63) is 81.9 Å². The van der Waals surface area contributed by atoms with E-state index >= 15 is 0 Å². The molecule has 6 heteroatoms. The highest BCUT2D eigenvalue weighted by atomic mass is 16.6. The van der Waals surface area contributed by atoms with E-state index < -0.39 is 5.60 Å². The molecule has 2 aliphatic carbocycles. The van der Waals surface area contributed by atoms with Crippen LogP contribution in [0, 0.1) is 0 Å². The maximum Gasteiger partial charge on any atom is 0.259 e. The number of methoxy groups -OCH3 is 1. The summed E-state index contributed by atoms with van der Waals surface area (Å²) in [6.45, 7) is 2.17. The van der Waals surface area contributed by atoms with E-state index in [1.165, 1.54) is 5.56 Å². The van der Waals surface area contributed by atoms with E-state index in [9.17, 15) is 9.59 Å². The number of imide groups is 1. The number of nitrogens with one attached hydrogen (secondary N) is 2. The third-order valence-corrected chi connectivity index (χ3v) is 9.36. The van der Waals surface area contributed by atoms with Gasteiger partial charge in [0.1, 0.15) is 11.7 Å². The molecule has 3 aromatic rings. The number of ether oxygens (including phenoxy) is 2. The molecule has 1 fully saturated rings. The van der Waals surface area contributed by atoms with E-state index in [0.29, 0.717) is 11.1 Å². The van der Waals surface area contributed by atoms with Gasteiger partial charge in [0.25, 0.3) is 11.8 Å². The standard InChI is InChI=1S/C30H26N2O4/c1-30-26-16-11-7-6-10-15(16)21-23(26)22-19(18(36-30)12-17(31-2)27(30)35-3)13-8-4-5-9-14(13)20(22)24-25(21)29(34)32-28(24)33/h4-11,17-19,26-27,31H,12H2,1-3H3,(H,32,33,34)/t17-,18-,19?,26?,27-,30-/m0/s1. The van der Waals surface area contributed by atoms with Gasteiger partial charge in [0.05, 0.1) is 17.2 Å². The number of benzene rings is 3. The second kappa shape index (κ2) is 6.71. The monoisotopic (exact) mass is 478 g/mol. The second-order valence-corrected chi connectivity index (χ2v) is 10.8. The van der Waals surface area contributed by atoms with Crippen LogP contribution in [0.1, 0.15) is 68.2 Å². The van der Waals surface area contributed by atoms with Gasteiger partial charge in [-0.25, -0.2) is 0 Å². The second-order valence-electron chi connectivity index (χ2n) is 10.8. The molecule has 3 aromatic carbocycles. The fourth-order valence-corrected chi connectivity index (χ4v) is 8.24. The molecule has 36 heavy (non-hydrogen) atoms. The predicted molar refractivity (Wildman–Crippen MR) is 134 cm³/mol. The van der Waals surface area contributed by atoms with Crippen molar-refractivity contribution in [1.82, 2.24) is 10.6 Å². The third kappa shape index (κ3) is 2.17. The Morgan fingerprint density at radius 1 is 0.917 bits per heavy atom. The predicted octanol–water partition coefficient (Wildman–Crippen LogP) is 3.96. The first kappa shape index (κ1) is 20.8. The Balaban J connectivity index is 1.59. The number of hydrogen-bond acceptors (Lipinski definition) is 5. The van der Waals surface area contributed by atoms with Gasteiger partial charge < -0.3 is 14.8 Å². The van der Waals surface area contributed by atoms with Gasteiger partial charge in [0.15, 0.2) is 0 Å². The fourth-order valence-electron chi connectivity index (χ4n) is 8.24. The summed E-state index contributed by atoms with van der Waals surface area (Å²) in [6.07, 6.45) is 0.492. The van der Waals surface area contributed by atoms with Crippen LogP contribution in [0.25, 0.3) is 22.3 Å². The van der Waals surface area contributed by atoms with Gasteiger partial charge in [-0.15, -0.1) is 0 Å². The molecule has 2 unspecified atom stereocenters. The summed E-state index contributed by atoms with van der Waals surface area (Å²) in [4.78, 5) is 26.7. The van der Waals surface area contributed by atoms with Crippen LogP contribution in [-0.2, 0) is 9.47 Å². The molecule has 0 radical (unpaired) electrons. The first-order valence-electron chi connectivity index (χ1n) is 12.7. The highest BCUT2D eigenvalue weighted by molar-refractivity contribution is 6.28. The molecule has 2 N–H and O–H groups in total. The van der Waals surface area contributed by atoms with Crippen LogP contribution in [0.15, 0.2) is 48.5 Å². The minimum atomic E-state index is -0.674. The number of carbonyl (C=O) groups excluding carboxylic acids is 2. The Labute approximate surface area is 209 Å². The lowest BCUT2D eigenvalue weighted by atomic mass is 9.73. The maximum atomic E-state index is 13.4. The first-order chi connectivity index (χ1) is 17.5. The molecule has 0 aromatic heterocycles. The largest absolute Gasteiger partial charge is 0.377 e. The Hall–Kier alpha value is -3.32. The average molecular weight is 479 g/mol. The van der Waals surface area contributed by atoms with Crippen molar-refractivity contribution in [2.45, 2.75) is 49.0 Å². The lowest BCUT2D eigenvalue weighted by Crippen LogP contribution is -2.62. The minimum Gasteiger partial charge on any atom is -0.377 e. The van der Waals surface area contributed by atoms with Crippen molar-refractivity contribution in [2.24, 2.45) is 0 Å². The summed E-state index contributed by atoms with van der Waals surface area (Å²) >= 11 is 0. The van der Waals surface area contributed by atoms with Crippen molar-refractivity contribution in [1.29, 1.82) is 0 Å². The summed E-state index contributed by atoms with van der Waals surface area (Å²) in [6, 6.07) is 16.7. The van der Waals surface area contributed by atoms with E-state index in [2.05, 4.69) is 54.0 Å². The number of amides is 2. The van der Waals surface area contributed by atoms with Gasteiger partial charge in [-0.05, 0) is 64.9 Å². The molecule has 1 saturated heterocycles. The zero-order chi connectivity index (χ0) is 24.5. The van der Waals surface area contributed by atoms with E-state index in [1.54, 1.807) is 7.11 Å². The number of hydrogen-bond donors (Lipinski definition) is 2. The molecule has 0 spiro atoms. The Morgan fingerprint density at radius 3 is 2.19 bits per heavy atom. The summed E-state index contributed by atoms with van der Waals surface area (Å²) in [5.74, 6) is -0.766. The van der Waals surface area contributed by atoms with Crippen molar-refractivity contribution in [2.75, 3.05) is 14.2 Å². The smallest absolute Gasteiger partial charge is 0.259 e. The summed E-state index contributed by atoms with van der Waals surface area (Å²) in [5, 5.41) is 6.14. The Morgan fingerprint density at radius 2 is 1.53 bits per heavy atom. The molecule has 2 amide bonds. The van der Waals surface area contributed by atoms with Crippen LogP contribution in [0.5, 0.6) is 0 Å². The fraction of sp³-hybridized carbons (Fsp3) is 0.333. The molecule has 0 saturated carbocycles. The zero-order valence-corrected chi connectivity index (χ0v) is 20.3. The van der Waals surface area contributed by atoms with Gasteiger partial charge in [-0.1, -0.05) is 48.5 Å². The van der Waals surface area contributed by atoms with Crippen molar-refractivity contribution in [3.63, 3.8) is 0 Å². The van der Waals surface area contributed by atoms with E-state index in [0.717, 1.165) is 45.4 Å². The Kier molecular flexibility index (Phi) is 3.88. The van der Waals surface area contributed by atoms with Gasteiger partial charge in [0.2, 0.25) is 0 Å². The van der Waals surface area contributed by atoms with Gasteiger partial charge >= 0.3 is 0 Å². The summed E-state index contributed by atoms with van der Waals surface area (Å²) < 4.78 is 13.4. The number of carbonyl (C=O) groups is 2. The van der Waals surface area contributed by atoms with Crippen LogP contribution >= 0.6 is 0 Å². The third-order valence-electron chi connectivity index (χ3n) is 9.36. The van der Waals surface area contributed by atoms with Crippen LogP contribution in [0.4, 0.5) is 0 Å². The topological polar surface area (TPSA) is 76.7 Å². The normalized spacial score (nSPS) is 31.9. The minimum absolute atomic E-state index is 0.0222. The molecule has 8 rings (SSSR count). The molecule has 3 aliphatic heterocycles. The van der Waals surface area contributed by atoms with E-state index in [4.69, 9.17) is 9.47 Å². The van der Waals surface area contributed by atoms with Crippen LogP contribution in [-0.4, -0.2) is 49.8 Å². The lowest BCUT2D eigenvalue weighted by molar-refractivity contribution is -0.205. The molecule has 180 valence electrons. The summed E-state index contributed by atoms with van der Waals surface area (Å²) in [5.41, 5.74) is 8.84. The number of likely N-dealkylation sites (N-methyl/N-ethyl adjacent to an activating group) is 1. The molecular weight excluding hydrogens is 452 g/mol. The van der Waals surface area contributed by atoms with Crippen molar-refractivity contribution in [3.8, 4) is 22.3 Å². The highest BCUT2D eigenvalue weighted by Gasteiger charge is 2.62.